The molecule has 6 heteroatoms. The highest BCUT2D eigenvalue weighted by Gasteiger charge is 2.66. The lowest BCUT2D eigenvalue weighted by molar-refractivity contribution is -0.176. The fourth-order valence-electron chi connectivity index (χ4n) is 5.99. The molecular formula is C21H24N2O4. The van der Waals surface area contributed by atoms with E-state index in [-0.39, 0.29) is 29.8 Å². The van der Waals surface area contributed by atoms with Crippen LogP contribution in [0.25, 0.3) is 10.9 Å². The molecule has 27 heavy (non-hydrogen) atoms. The summed E-state index contributed by atoms with van der Waals surface area (Å²) in [4.78, 5) is 31.6. The number of para-hydroxylation sites is 1. The minimum atomic E-state index is -0.946. The maximum atomic E-state index is 13.3. The van der Waals surface area contributed by atoms with E-state index < -0.39 is 11.5 Å². The number of rotatable bonds is 2. The Morgan fingerprint density at radius 3 is 2.93 bits per heavy atom. The van der Waals surface area contributed by atoms with Crippen LogP contribution in [0.5, 0.6) is 0 Å². The van der Waals surface area contributed by atoms with Gasteiger partial charge in [-0.05, 0) is 37.8 Å². The SMILES string of the molecule is COC(=O)[C@@]12C[C@@H]3C[C@H]([C@@H](C)O)[C@@H]1N(CCc1c2[nH]c2ccccc12)C3=O. The molecule has 5 atom stereocenters. The van der Waals surface area contributed by atoms with Gasteiger partial charge in [-0.1, -0.05) is 18.2 Å². The van der Waals surface area contributed by atoms with Crippen molar-refractivity contribution in [1.29, 1.82) is 0 Å². The van der Waals surface area contributed by atoms with Crippen molar-refractivity contribution in [3.63, 3.8) is 0 Å². The van der Waals surface area contributed by atoms with Gasteiger partial charge in [0.05, 0.1) is 19.3 Å². The predicted octanol–water partition coefficient (Wildman–Crippen LogP) is 1.75. The number of hydrogen-bond donors (Lipinski definition) is 2. The number of methoxy groups -OCH3 is 1. The van der Waals surface area contributed by atoms with Gasteiger partial charge in [0.25, 0.3) is 0 Å². The predicted molar refractivity (Wildman–Crippen MR) is 99.1 cm³/mol. The Labute approximate surface area is 157 Å². The molecule has 1 aliphatic carbocycles. The normalized spacial score (nSPS) is 32.9. The van der Waals surface area contributed by atoms with Gasteiger partial charge in [0.2, 0.25) is 5.91 Å². The van der Waals surface area contributed by atoms with Gasteiger partial charge in [-0.15, -0.1) is 0 Å². The van der Waals surface area contributed by atoms with Crippen molar-refractivity contribution < 1.29 is 19.4 Å². The maximum absolute atomic E-state index is 13.3. The van der Waals surface area contributed by atoms with Gasteiger partial charge in [0, 0.05) is 35.0 Å². The first-order valence-electron chi connectivity index (χ1n) is 9.66. The van der Waals surface area contributed by atoms with Crippen LogP contribution >= 0.6 is 0 Å². The first-order valence-corrected chi connectivity index (χ1v) is 9.66. The number of carbonyl (C=O) groups is 2. The van der Waals surface area contributed by atoms with Crippen LogP contribution in [0.15, 0.2) is 24.3 Å². The van der Waals surface area contributed by atoms with E-state index in [2.05, 4.69) is 11.1 Å². The standard InChI is InChI=1S/C21H24N2O4/c1-11(24)15-9-12-10-21(20(26)27-2)17-14(7-8-23(18(15)21)19(12)25)13-5-3-4-6-16(13)22-17/h3-6,11-12,15,18,22,24H,7-10H2,1-2H3/t11-,12+,15-,18+,21-/m1/s1. The van der Waals surface area contributed by atoms with Crippen molar-refractivity contribution in [2.75, 3.05) is 13.7 Å². The van der Waals surface area contributed by atoms with Crippen LogP contribution in [0.1, 0.15) is 31.0 Å². The van der Waals surface area contributed by atoms with Crippen molar-refractivity contribution in [2.45, 2.75) is 43.7 Å². The first kappa shape index (κ1) is 16.8. The molecular weight excluding hydrogens is 344 g/mol. The van der Waals surface area contributed by atoms with E-state index in [1.54, 1.807) is 6.92 Å². The topological polar surface area (TPSA) is 82.6 Å². The van der Waals surface area contributed by atoms with Gasteiger partial charge in [-0.2, -0.15) is 0 Å². The van der Waals surface area contributed by atoms with Crippen molar-refractivity contribution in [2.24, 2.45) is 11.8 Å². The molecule has 1 aromatic carbocycles. The molecule has 6 nitrogen and oxygen atoms in total. The number of H-pyrrole nitrogens is 1. The van der Waals surface area contributed by atoms with Crippen molar-refractivity contribution in [3.05, 3.63) is 35.5 Å². The highest BCUT2D eigenvalue weighted by Crippen LogP contribution is 2.55. The second-order valence-electron chi connectivity index (χ2n) is 8.25. The largest absolute Gasteiger partial charge is 0.468 e. The Balaban J connectivity index is 1.82. The van der Waals surface area contributed by atoms with E-state index in [0.29, 0.717) is 25.8 Å². The number of esters is 1. The Hall–Kier alpha value is -2.34. The van der Waals surface area contributed by atoms with Gasteiger partial charge in [-0.3, -0.25) is 9.59 Å². The van der Waals surface area contributed by atoms with E-state index in [1.807, 2.05) is 23.1 Å². The van der Waals surface area contributed by atoms with Crippen molar-refractivity contribution in [1.82, 2.24) is 9.88 Å². The average Bonchev–Trinajstić information content (AvgIpc) is 3.00. The van der Waals surface area contributed by atoms with Crippen LogP contribution in [0.3, 0.4) is 0 Å². The Morgan fingerprint density at radius 2 is 2.19 bits per heavy atom. The minimum absolute atomic E-state index is 0.117. The molecule has 0 radical (unpaired) electrons. The number of carbonyl (C=O) groups excluding carboxylic acids is 2. The molecule has 2 N–H and O–H groups in total. The minimum Gasteiger partial charge on any atom is -0.468 e. The number of aromatic nitrogens is 1. The number of piperidine rings is 2. The van der Waals surface area contributed by atoms with Gasteiger partial charge in [0.15, 0.2) is 0 Å². The smallest absolute Gasteiger partial charge is 0.319 e. The molecule has 1 amide bonds. The molecule has 1 saturated carbocycles. The molecule has 4 aliphatic rings. The summed E-state index contributed by atoms with van der Waals surface area (Å²) in [6, 6.07) is 7.67. The Morgan fingerprint density at radius 1 is 1.41 bits per heavy atom. The van der Waals surface area contributed by atoms with E-state index in [4.69, 9.17) is 4.74 Å². The van der Waals surface area contributed by atoms with Crippen LogP contribution in [-0.4, -0.2) is 52.7 Å². The number of aliphatic hydroxyl groups excluding tert-OH is 1. The summed E-state index contributed by atoms with van der Waals surface area (Å²) in [6.07, 6.45) is 1.18. The lowest BCUT2D eigenvalue weighted by atomic mass is 9.55. The number of fused-ring (bicyclic) bond motifs is 4. The summed E-state index contributed by atoms with van der Waals surface area (Å²) < 4.78 is 5.31. The Kier molecular flexibility index (Phi) is 3.47. The first-order chi connectivity index (χ1) is 13.0. The molecule has 3 aliphatic heterocycles. The van der Waals surface area contributed by atoms with Crippen molar-refractivity contribution in [3.8, 4) is 0 Å². The number of aromatic amines is 1. The zero-order chi connectivity index (χ0) is 18.9. The molecule has 6 rings (SSSR count). The second kappa shape index (κ2) is 5.58. The third kappa shape index (κ3) is 1.99. The highest BCUT2D eigenvalue weighted by molar-refractivity contribution is 5.95. The van der Waals surface area contributed by atoms with Gasteiger partial charge in [0.1, 0.15) is 5.41 Å². The van der Waals surface area contributed by atoms with Crippen LogP contribution in [0.2, 0.25) is 0 Å². The molecule has 0 unspecified atom stereocenters. The molecule has 1 aromatic heterocycles. The molecule has 4 bridgehead atoms. The van der Waals surface area contributed by atoms with Crippen LogP contribution in [0, 0.1) is 11.8 Å². The zero-order valence-corrected chi connectivity index (χ0v) is 15.6. The molecule has 2 aromatic rings. The van der Waals surface area contributed by atoms with E-state index in [9.17, 15) is 14.7 Å². The highest BCUT2D eigenvalue weighted by atomic mass is 16.5. The number of nitrogens with one attached hydrogen (secondary N) is 1. The summed E-state index contributed by atoms with van der Waals surface area (Å²) in [5.74, 6) is -0.593. The maximum Gasteiger partial charge on any atom is 0.319 e. The zero-order valence-electron chi connectivity index (χ0n) is 15.6. The number of nitrogens with zero attached hydrogens (tertiary/aromatic N) is 1. The van der Waals surface area contributed by atoms with E-state index in [1.165, 1.54) is 7.11 Å². The van der Waals surface area contributed by atoms with Crippen LogP contribution < -0.4 is 0 Å². The summed E-state index contributed by atoms with van der Waals surface area (Å²) in [6.45, 7) is 2.33. The summed E-state index contributed by atoms with van der Waals surface area (Å²) in [7, 11) is 1.41. The molecule has 0 spiro atoms. The lowest BCUT2D eigenvalue weighted by Crippen LogP contribution is -2.70. The molecule has 142 valence electrons. The van der Waals surface area contributed by atoms with Crippen LogP contribution in [-0.2, 0) is 26.2 Å². The molecule has 2 saturated heterocycles. The van der Waals surface area contributed by atoms with Gasteiger partial charge in [-0.25, -0.2) is 0 Å². The number of benzene rings is 1. The third-order valence-electron chi connectivity index (χ3n) is 7.04. The monoisotopic (exact) mass is 368 g/mol. The summed E-state index contributed by atoms with van der Waals surface area (Å²) in [5, 5.41) is 11.6. The van der Waals surface area contributed by atoms with Gasteiger partial charge >= 0.3 is 5.97 Å². The average molecular weight is 368 g/mol. The van der Waals surface area contributed by atoms with Crippen molar-refractivity contribution >= 4 is 22.8 Å². The summed E-state index contributed by atoms with van der Waals surface area (Å²) >= 11 is 0. The quantitative estimate of drug-likeness (QED) is 0.792. The number of amides is 1. The number of hydrogen-bond acceptors (Lipinski definition) is 4. The molecule has 3 fully saturated rings. The second-order valence-corrected chi connectivity index (χ2v) is 8.25. The summed E-state index contributed by atoms with van der Waals surface area (Å²) in [5.41, 5.74) is 2.03. The molecule has 4 heterocycles. The fraction of sp³-hybridized carbons (Fsp3) is 0.524. The third-order valence-corrected chi connectivity index (χ3v) is 7.04. The van der Waals surface area contributed by atoms with Crippen LogP contribution in [0.4, 0.5) is 0 Å². The number of ether oxygens (including phenoxy) is 1. The van der Waals surface area contributed by atoms with Gasteiger partial charge < -0.3 is 19.7 Å². The van der Waals surface area contributed by atoms with E-state index in [0.717, 1.165) is 22.2 Å². The lowest BCUT2D eigenvalue weighted by Gasteiger charge is -2.57. The fourth-order valence-corrected chi connectivity index (χ4v) is 5.99. The Bertz CT molecular complexity index is 949. The number of aliphatic hydroxyl groups is 1. The van der Waals surface area contributed by atoms with E-state index >= 15 is 0 Å².